The predicted octanol–water partition coefficient (Wildman–Crippen LogP) is 9.21. The fourth-order valence-corrected chi connectivity index (χ4v) is 4.52. The van der Waals surface area contributed by atoms with Gasteiger partial charge in [0.05, 0.1) is 35.7 Å². The average Bonchev–Trinajstić information content (AvgIpc) is 3.10. The van der Waals surface area contributed by atoms with Crippen LogP contribution in [-0.2, 0) is 0 Å². The first kappa shape index (κ1) is 32.0. The molecule has 46 heavy (non-hydrogen) atoms. The second kappa shape index (κ2) is 16.0. The first-order chi connectivity index (χ1) is 22.5. The van der Waals surface area contributed by atoms with Crippen molar-refractivity contribution < 1.29 is 28.5 Å². The Morgan fingerprint density at radius 2 is 0.870 bits per heavy atom. The zero-order valence-corrected chi connectivity index (χ0v) is 26.1. The monoisotopic (exact) mass is 615 g/mol. The molecule has 0 aliphatic heterocycles. The molecule has 0 saturated heterocycles. The van der Waals surface area contributed by atoms with Crippen molar-refractivity contribution in [3.8, 4) is 45.5 Å². The van der Waals surface area contributed by atoms with E-state index in [1.165, 1.54) is 0 Å². The summed E-state index contributed by atoms with van der Waals surface area (Å²) in [6.07, 6.45) is 4.09. The summed E-state index contributed by atoms with van der Waals surface area (Å²) in [6.45, 7) is 5.52. The van der Waals surface area contributed by atoms with E-state index in [2.05, 4.69) is 13.8 Å². The molecule has 0 radical (unpaired) electrons. The number of carbonyl (C=O) groups excluding carboxylic acids is 2. The molecule has 4 aromatic carbocycles. The lowest BCUT2D eigenvalue weighted by atomic mass is 10.1. The summed E-state index contributed by atoms with van der Waals surface area (Å²) in [4.78, 5) is 30.1. The molecule has 0 aliphatic carbocycles. The normalized spacial score (nSPS) is 10.7. The summed E-state index contributed by atoms with van der Waals surface area (Å²) in [6, 6.07) is 34.2. The maximum absolute atomic E-state index is 12.6. The highest BCUT2D eigenvalue weighted by Crippen LogP contribution is 2.27. The molecule has 1 aromatic heterocycles. The van der Waals surface area contributed by atoms with Crippen molar-refractivity contribution in [1.29, 1.82) is 0 Å². The number of hydrogen-bond acceptors (Lipinski definition) is 7. The predicted molar refractivity (Wildman–Crippen MR) is 179 cm³/mol. The SMILES string of the molecule is CCCCOc1ccc(C(=O)Oc2ccc(-c3cccc(-c4ccc(OC(=O)c5ccc(OCCCC)cc5)cc4)n3)cc2)cc1. The lowest BCUT2D eigenvalue weighted by Crippen LogP contribution is -2.08. The van der Waals surface area contributed by atoms with Gasteiger partial charge in [-0.25, -0.2) is 14.6 Å². The molecule has 7 heteroatoms. The summed E-state index contributed by atoms with van der Waals surface area (Å²) >= 11 is 0. The summed E-state index contributed by atoms with van der Waals surface area (Å²) in [5.41, 5.74) is 4.19. The minimum absolute atomic E-state index is 0.438. The molecule has 0 fully saturated rings. The summed E-state index contributed by atoms with van der Waals surface area (Å²) in [5, 5.41) is 0. The third kappa shape index (κ3) is 8.82. The second-order valence-electron chi connectivity index (χ2n) is 10.7. The van der Waals surface area contributed by atoms with Crippen LogP contribution < -0.4 is 18.9 Å². The molecule has 0 aliphatic rings. The first-order valence-electron chi connectivity index (χ1n) is 15.6. The quantitative estimate of drug-likeness (QED) is 0.0699. The number of nitrogens with zero attached hydrogens (tertiary/aromatic N) is 1. The summed E-state index contributed by atoms with van der Waals surface area (Å²) < 4.78 is 22.5. The Hall–Kier alpha value is -5.43. The molecule has 5 rings (SSSR count). The lowest BCUT2D eigenvalue weighted by Gasteiger charge is -2.09. The largest absolute Gasteiger partial charge is 0.494 e. The fraction of sp³-hybridized carbons (Fsp3) is 0.205. The first-order valence-corrected chi connectivity index (χ1v) is 15.6. The van der Waals surface area contributed by atoms with E-state index in [0.717, 1.165) is 59.7 Å². The molecular formula is C39H37NO6. The third-order valence-electron chi connectivity index (χ3n) is 7.18. The van der Waals surface area contributed by atoms with E-state index in [1.807, 2.05) is 42.5 Å². The maximum atomic E-state index is 12.6. The van der Waals surface area contributed by atoms with Gasteiger partial charge in [-0.2, -0.15) is 0 Å². The van der Waals surface area contributed by atoms with Gasteiger partial charge >= 0.3 is 11.9 Å². The van der Waals surface area contributed by atoms with Crippen LogP contribution >= 0.6 is 0 Å². The van der Waals surface area contributed by atoms with E-state index >= 15 is 0 Å². The number of pyridine rings is 1. The van der Waals surface area contributed by atoms with Crippen LogP contribution in [0.5, 0.6) is 23.0 Å². The Bertz CT molecular complexity index is 1590. The summed E-state index contributed by atoms with van der Waals surface area (Å²) in [5.74, 6) is 1.46. The topological polar surface area (TPSA) is 84.0 Å². The van der Waals surface area contributed by atoms with Gasteiger partial charge in [-0.15, -0.1) is 0 Å². The van der Waals surface area contributed by atoms with E-state index in [9.17, 15) is 9.59 Å². The van der Waals surface area contributed by atoms with Gasteiger partial charge in [-0.1, -0.05) is 32.8 Å². The number of hydrogen-bond donors (Lipinski definition) is 0. The van der Waals surface area contributed by atoms with E-state index < -0.39 is 11.9 Å². The number of unbranched alkanes of at least 4 members (excludes halogenated alkanes) is 2. The van der Waals surface area contributed by atoms with Crippen LogP contribution in [0.15, 0.2) is 115 Å². The van der Waals surface area contributed by atoms with Gasteiger partial charge in [0, 0.05) is 11.1 Å². The van der Waals surface area contributed by atoms with Crippen molar-refractivity contribution in [2.24, 2.45) is 0 Å². The standard InChI is InChI=1S/C39H37NO6/c1-3-5-26-43-32-18-14-30(15-19-32)38(41)45-34-22-10-28(11-23-34)36-8-7-9-37(40-36)29-12-24-35(25-13-29)46-39(42)31-16-20-33(21-17-31)44-27-6-4-2/h7-25H,3-6,26-27H2,1-2H3. The Labute approximate surface area is 269 Å². The molecule has 1 heterocycles. The molecule has 0 saturated carbocycles. The van der Waals surface area contributed by atoms with Crippen LogP contribution in [-0.4, -0.2) is 30.1 Å². The molecule has 234 valence electrons. The van der Waals surface area contributed by atoms with E-state index in [4.69, 9.17) is 23.9 Å². The summed E-state index contributed by atoms with van der Waals surface area (Å²) in [7, 11) is 0. The second-order valence-corrected chi connectivity index (χ2v) is 10.7. The lowest BCUT2D eigenvalue weighted by molar-refractivity contribution is 0.0725. The molecule has 0 spiro atoms. The van der Waals surface area contributed by atoms with Crippen LogP contribution in [0, 0.1) is 0 Å². The van der Waals surface area contributed by atoms with Gasteiger partial charge in [-0.05, 0) is 122 Å². The molecule has 0 amide bonds. The number of rotatable bonds is 14. The molecular weight excluding hydrogens is 578 g/mol. The highest BCUT2D eigenvalue weighted by molar-refractivity contribution is 5.91. The number of carbonyl (C=O) groups is 2. The molecule has 0 unspecified atom stereocenters. The van der Waals surface area contributed by atoms with Crippen LogP contribution in [0.3, 0.4) is 0 Å². The van der Waals surface area contributed by atoms with E-state index in [-0.39, 0.29) is 0 Å². The van der Waals surface area contributed by atoms with Crippen LogP contribution in [0.4, 0.5) is 0 Å². The van der Waals surface area contributed by atoms with Crippen molar-refractivity contribution >= 4 is 11.9 Å². The number of esters is 2. The van der Waals surface area contributed by atoms with E-state index in [0.29, 0.717) is 35.8 Å². The van der Waals surface area contributed by atoms with Gasteiger partial charge in [0.15, 0.2) is 0 Å². The number of ether oxygens (including phenoxy) is 4. The van der Waals surface area contributed by atoms with Crippen molar-refractivity contribution in [3.05, 3.63) is 126 Å². The third-order valence-corrected chi connectivity index (χ3v) is 7.18. The number of aromatic nitrogens is 1. The fourth-order valence-electron chi connectivity index (χ4n) is 4.52. The van der Waals surface area contributed by atoms with Crippen LogP contribution in [0.25, 0.3) is 22.5 Å². The van der Waals surface area contributed by atoms with Gasteiger partial charge in [0.2, 0.25) is 0 Å². The van der Waals surface area contributed by atoms with E-state index in [1.54, 1.807) is 72.8 Å². The minimum Gasteiger partial charge on any atom is -0.494 e. The highest BCUT2D eigenvalue weighted by atomic mass is 16.5. The Morgan fingerprint density at radius 3 is 1.24 bits per heavy atom. The van der Waals surface area contributed by atoms with Crippen molar-refractivity contribution in [2.45, 2.75) is 39.5 Å². The molecule has 0 N–H and O–H groups in total. The van der Waals surface area contributed by atoms with Gasteiger partial charge < -0.3 is 18.9 Å². The van der Waals surface area contributed by atoms with Crippen molar-refractivity contribution in [2.75, 3.05) is 13.2 Å². The Balaban J connectivity index is 1.17. The van der Waals surface area contributed by atoms with Crippen LogP contribution in [0.1, 0.15) is 60.2 Å². The zero-order valence-electron chi connectivity index (χ0n) is 26.1. The minimum atomic E-state index is -0.438. The van der Waals surface area contributed by atoms with Crippen molar-refractivity contribution in [3.63, 3.8) is 0 Å². The molecule has 5 aromatic rings. The average molecular weight is 616 g/mol. The number of benzene rings is 4. The smallest absolute Gasteiger partial charge is 0.343 e. The Morgan fingerprint density at radius 1 is 0.500 bits per heavy atom. The molecule has 7 nitrogen and oxygen atoms in total. The zero-order chi connectivity index (χ0) is 32.1. The van der Waals surface area contributed by atoms with Gasteiger partial charge in [0.25, 0.3) is 0 Å². The van der Waals surface area contributed by atoms with Gasteiger partial charge in [-0.3, -0.25) is 0 Å². The Kier molecular flexibility index (Phi) is 11.2. The molecule has 0 atom stereocenters. The molecule has 0 bridgehead atoms. The highest BCUT2D eigenvalue weighted by Gasteiger charge is 2.12. The van der Waals surface area contributed by atoms with Gasteiger partial charge in [0.1, 0.15) is 23.0 Å². The van der Waals surface area contributed by atoms with Crippen LogP contribution in [0.2, 0.25) is 0 Å². The van der Waals surface area contributed by atoms with Crippen molar-refractivity contribution in [1.82, 2.24) is 4.98 Å². The maximum Gasteiger partial charge on any atom is 0.343 e.